The average Bonchev–Trinajstić information content (AvgIpc) is 2.48. The molecular weight excluding hydrogens is 288 g/mol. The highest BCUT2D eigenvalue weighted by atomic mass is 16.5. The summed E-state index contributed by atoms with van der Waals surface area (Å²) in [5, 5.41) is 21.2. The summed E-state index contributed by atoms with van der Waals surface area (Å²) in [6.07, 6.45) is -1.20. The van der Waals surface area contributed by atoms with E-state index in [1.54, 1.807) is 6.92 Å². The molecule has 0 amide bonds. The normalized spacial score (nSPS) is 17.1. The maximum absolute atomic E-state index is 12.3. The number of benzene rings is 2. The number of ether oxygens (including phenoxy) is 2. The molecular formula is C16H14O6. The van der Waals surface area contributed by atoms with Crippen molar-refractivity contribution in [2.45, 2.75) is 13.0 Å². The number of aromatic hydroxyl groups is 2. The van der Waals surface area contributed by atoms with Gasteiger partial charge in [-0.15, -0.1) is 0 Å². The highest BCUT2D eigenvalue weighted by molar-refractivity contribution is 6.50. The lowest BCUT2D eigenvalue weighted by atomic mass is 9.82. The Morgan fingerprint density at radius 2 is 1.73 bits per heavy atom. The minimum absolute atomic E-state index is 0.122. The summed E-state index contributed by atoms with van der Waals surface area (Å²) in [4.78, 5) is 24.5. The molecule has 114 valence electrons. The Labute approximate surface area is 125 Å². The van der Waals surface area contributed by atoms with Crippen LogP contribution in [0.4, 0.5) is 0 Å². The average molecular weight is 302 g/mol. The number of hydrogen-bond acceptors (Lipinski definition) is 6. The van der Waals surface area contributed by atoms with E-state index in [1.165, 1.54) is 26.4 Å². The summed E-state index contributed by atoms with van der Waals surface area (Å²) < 4.78 is 10.4. The van der Waals surface area contributed by atoms with Crippen molar-refractivity contribution in [3.63, 3.8) is 0 Å². The van der Waals surface area contributed by atoms with Gasteiger partial charge in [-0.25, -0.2) is 0 Å². The zero-order valence-electron chi connectivity index (χ0n) is 12.3. The summed E-state index contributed by atoms with van der Waals surface area (Å²) >= 11 is 0. The van der Waals surface area contributed by atoms with Crippen LogP contribution in [-0.2, 0) is 9.53 Å². The third-order valence-electron chi connectivity index (χ3n) is 3.97. The van der Waals surface area contributed by atoms with Gasteiger partial charge < -0.3 is 19.7 Å². The number of methoxy groups -OCH3 is 2. The van der Waals surface area contributed by atoms with Crippen molar-refractivity contribution in [3.8, 4) is 17.2 Å². The van der Waals surface area contributed by atoms with E-state index in [4.69, 9.17) is 9.47 Å². The van der Waals surface area contributed by atoms with Gasteiger partial charge in [-0.3, -0.25) is 9.59 Å². The third kappa shape index (κ3) is 1.64. The maximum Gasteiger partial charge on any atom is 0.236 e. The lowest BCUT2D eigenvalue weighted by Crippen LogP contribution is -2.29. The molecule has 0 heterocycles. The molecule has 0 aliphatic heterocycles. The first-order valence-corrected chi connectivity index (χ1v) is 6.59. The zero-order valence-corrected chi connectivity index (χ0v) is 12.3. The van der Waals surface area contributed by atoms with Crippen molar-refractivity contribution in [2.75, 3.05) is 14.2 Å². The molecule has 2 aromatic rings. The van der Waals surface area contributed by atoms with Crippen molar-refractivity contribution < 1.29 is 29.3 Å². The first-order valence-electron chi connectivity index (χ1n) is 6.59. The molecule has 1 aliphatic rings. The van der Waals surface area contributed by atoms with Gasteiger partial charge in [0.1, 0.15) is 17.2 Å². The second-order valence-electron chi connectivity index (χ2n) is 5.16. The van der Waals surface area contributed by atoms with Crippen LogP contribution < -0.4 is 4.74 Å². The van der Waals surface area contributed by atoms with Crippen LogP contribution in [0.3, 0.4) is 0 Å². The molecule has 0 fully saturated rings. The number of hydrogen-bond donors (Lipinski definition) is 2. The second-order valence-corrected chi connectivity index (χ2v) is 5.16. The van der Waals surface area contributed by atoms with Crippen LogP contribution >= 0.6 is 0 Å². The molecule has 1 aliphatic carbocycles. The Kier molecular flexibility index (Phi) is 3.07. The highest BCUT2D eigenvalue weighted by Crippen LogP contribution is 2.47. The van der Waals surface area contributed by atoms with Crippen LogP contribution in [-0.4, -0.2) is 36.0 Å². The van der Waals surface area contributed by atoms with Crippen molar-refractivity contribution in [3.05, 3.63) is 28.8 Å². The first-order chi connectivity index (χ1) is 10.4. The summed E-state index contributed by atoms with van der Waals surface area (Å²) in [7, 11) is 2.72. The number of aryl methyl sites for hydroxylation is 1. The number of carbonyl (C=O) groups is 2. The largest absolute Gasteiger partial charge is 0.508 e. The molecule has 2 N–H and O–H groups in total. The molecule has 6 heteroatoms. The Bertz CT molecular complexity index is 837. The summed E-state index contributed by atoms with van der Waals surface area (Å²) in [5.41, 5.74) is 0.714. The van der Waals surface area contributed by atoms with Gasteiger partial charge in [0.15, 0.2) is 6.10 Å². The Morgan fingerprint density at radius 1 is 1.05 bits per heavy atom. The number of ketones is 2. The zero-order chi connectivity index (χ0) is 16.2. The minimum atomic E-state index is -1.20. The van der Waals surface area contributed by atoms with Gasteiger partial charge in [0, 0.05) is 29.5 Å². The minimum Gasteiger partial charge on any atom is -0.508 e. The third-order valence-corrected chi connectivity index (χ3v) is 3.97. The Morgan fingerprint density at radius 3 is 2.32 bits per heavy atom. The number of phenolic OH excluding ortho intramolecular Hbond substituents is 2. The smallest absolute Gasteiger partial charge is 0.236 e. The van der Waals surface area contributed by atoms with E-state index in [2.05, 4.69) is 0 Å². The lowest BCUT2D eigenvalue weighted by Gasteiger charge is -2.26. The van der Waals surface area contributed by atoms with Gasteiger partial charge in [-0.05, 0) is 18.6 Å². The number of rotatable bonds is 2. The molecule has 1 unspecified atom stereocenters. The van der Waals surface area contributed by atoms with Crippen LogP contribution in [0.15, 0.2) is 12.1 Å². The predicted molar refractivity (Wildman–Crippen MR) is 77.7 cm³/mol. The van der Waals surface area contributed by atoms with Crippen LogP contribution in [0, 0.1) is 6.92 Å². The second kappa shape index (κ2) is 4.71. The van der Waals surface area contributed by atoms with Gasteiger partial charge in [-0.2, -0.15) is 0 Å². The quantitative estimate of drug-likeness (QED) is 0.824. The van der Waals surface area contributed by atoms with Crippen LogP contribution in [0.25, 0.3) is 10.8 Å². The highest BCUT2D eigenvalue weighted by Gasteiger charge is 2.40. The van der Waals surface area contributed by atoms with E-state index in [9.17, 15) is 19.8 Å². The van der Waals surface area contributed by atoms with Crippen LogP contribution in [0.5, 0.6) is 17.2 Å². The van der Waals surface area contributed by atoms with E-state index in [0.29, 0.717) is 22.1 Å². The first kappa shape index (κ1) is 14.3. The molecule has 22 heavy (non-hydrogen) atoms. The summed E-state index contributed by atoms with van der Waals surface area (Å²) in [5.74, 6) is -1.83. The number of carbonyl (C=O) groups excluding carboxylic acids is 2. The lowest BCUT2D eigenvalue weighted by molar-refractivity contribution is -0.124. The molecule has 0 radical (unpaired) electrons. The van der Waals surface area contributed by atoms with E-state index >= 15 is 0 Å². The van der Waals surface area contributed by atoms with E-state index in [1.807, 2.05) is 0 Å². The van der Waals surface area contributed by atoms with Crippen molar-refractivity contribution in [1.29, 1.82) is 0 Å². The standard InChI is InChI=1S/C16H14O6/c1-6-4-7(17)12-13-10(6)9(21-2)5-8(18)11(13)14(19)15(20)16(12)22-3/h4-5,16-18H,1-3H3. The molecule has 0 saturated carbocycles. The van der Waals surface area contributed by atoms with E-state index in [0.717, 1.165) is 0 Å². The Hall–Kier alpha value is -2.60. The van der Waals surface area contributed by atoms with Gasteiger partial charge in [0.2, 0.25) is 11.6 Å². The van der Waals surface area contributed by atoms with Crippen molar-refractivity contribution in [1.82, 2.24) is 0 Å². The topological polar surface area (TPSA) is 93.1 Å². The van der Waals surface area contributed by atoms with Gasteiger partial charge >= 0.3 is 0 Å². The van der Waals surface area contributed by atoms with Crippen LogP contribution in [0.1, 0.15) is 27.6 Å². The molecule has 3 rings (SSSR count). The fourth-order valence-electron chi connectivity index (χ4n) is 3.04. The SMILES string of the molecule is COc1cc(O)c2c3c(c(O)cc(C)c13)C(OC)C(=O)C2=O. The Balaban J connectivity index is 2.62. The summed E-state index contributed by atoms with van der Waals surface area (Å²) in [6.45, 7) is 1.74. The molecule has 0 aromatic heterocycles. The molecule has 0 saturated heterocycles. The van der Waals surface area contributed by atoms with Crippen molar-refractivity contribution in [2.24, 2.45) is 0 Å². The van der Waals surface area contributed by atoms with Crippen LogP contribution in [0.2, 0.25) is 0 Å². The molecule has 2 aromatic carbocycles. The van der Waals surface area contributed by atoms with Gasteiger partial charge in [-0.1, -0.05) is 0 Å². The fourth-order valence-corrected chi connectivity index (χ4v) is 3.04. The molecule has 1 atom stereocenters. The summed E-state index contributed by atoms with van der Waals surface area (Å²) in [6, 6.07) is 2.78. The fraction of sp³-hybridized carbons (Fsp3) is 0.250. The molecule has 0 spiro atoms. The number of Topliss-reactive ketones (excluding diaryl/α,β-unsaturated/α-hetero) is 2. The van der Waals surface area contributed by atoms with E-state index < -0.39 is 17.7 Å². The molecule has 0 bridgehead atoms. The predicted octanol–water partition coefficient (Wildman–Crippen LogP) is 2.02. The molecule has 6 nitrogen and oxygen atoms in total. The van der Waals surface area contributed by atoms with Gasteiger partial charge in [0.05, 0.1) is 12.7 Å². The van der Waals surface area contributed by atoms with E-state index in [-0.39, 0.29) is 22.6 Å². The number of phenols is 2. The van der Waals surface area contributed by atoms with Gasteiger partial charge in [0.25, 0.3) is 0 Å². The maximum atomic E-state index is 12.3. The van der Waals surface area contributed by atoms with Crippen molar-refractivity contribution >= 4 is 22.3 Å². The monoisotopic (exact) mass is 302 g/mol.